The summed E-state index contributed by atoms with van der Waals surface area (Å²) in [5.74, 6) is -1.71. The normalized spacial score (nSPS) is 12.3. The van der Waals surface area contributed by atoms with Crippen LogP contribution in [0.1, 0.15) is 32.3 Å². The molecule has 2 aromatic carbocycles. The highest BCUT2D eigenvalue weighted by Gasteiger charge is 2.34. The summed E-state index contributed by atoms with van der Waals surface area (Å²) in [6.45, 7) is 3.61. The van der Waals surface area contributed by atoms with Gasteiger partial charge < -0.3 is 10.2 Å². The molecule has 0 heterocycles. The quantitative estimate of drug-likeness (QED) is 0.493. The Labute approximate surface area is 201 Å². The molecule has 0 aromatic heterocycles. The molecule has 2 amide bonds. The molecule has 34 heavy (non-hydrogen) atoms. The van der Waals surface area contributed by atoms with Gasteiger partial charge >= 0.3 is 10.2 Å². The second kappa shape index (κ2) is 12.5. The Hall–Kier alpha value is -2.98. The third-order valence-corrected chi connectivity index (χ3v) is 7.08. The molecular weight excluding hydrogens is 459 g/mol. The van der Waals surface area contributed by atoms with Crippen molar-refractivity contribution in [3.05, 3.63) is 66.0 Å². The van der Waals surface area contributed by atoms with Crippen LogP contribution in [0.2, 0.25) is 0 Å². The number of hydrogen-bond donors (Lipinski definition) is 1. The van der Waals surface area contributed by atoms with Crippen molar-refractivity contribution in [2.45, 2.75) is 39.3 Å². The van der Waals surface area contributed by atoms with Crippen molar-refractivity contribution in [2.24, 2.45) is 0 Å². The van der Waals surface area contributed by atoms with Crippen LogP contribution in [0, 0.1) is 5.82 Å². The molecule has 0 aliphatic carbocycles. The molecule has 2 rings (SSSR count). The van der Waals surface area contributed by atoms with Gasteiger partial charge in [0.1, 0.15) is 18.4 Å². The molecule has 1 N–H and O–H groups in total. The summed E-state index contributed by atoms with van der Waals surface area (Å²) < 4.78 is 42.4. The van der Waals surface area contributed by atoms with Gasteiger partial charge in [0.05, 0.1) is 5.69 Å². The Bertz CT molecular complexity index is 1060. The Kier molecular flexibility index (Phi) is 10.0. The third-order valence-electron chi connectivity index (χ3n) is 5.27. The van der Waals surface area contributed by atoms with E-state index in [0.717, 1.165) is 26.7 Å². The molecule has 0 radical (unpaired) electrons. The summed E-state index contributed by atoms with van der Waals surface area (Å²) in [6, 6.07) is 13.7. The van der Waals surface area contributed by atoms with Crippen LogP contribution in [0.25, 0.3) is 0 Å². The Morgan fingerprint density at radius 2 is 1.62 bits per heavy atom. The summed E-state index contributed by atoms with van der Waals surface area (Å²) in [5.41, 5.74) is 0.540. The summed E-state index contributed by atoms with van der Waals surface area (Å²) in [6.07, 6.45) is 1.06. The Morgan fingerprint density at radius 3 is 2.18 bits per heavy atom. The molecule has 0 bridgehead atoms. The number of nitrogens with zero attached hydrogens (tertiary/aromatic N) is 3. The van der Waals surface area contributed by atoms with Gasteiger partial charge in [-0.2, -0.15) is 12.7 Å². The van der Waals surface area contributed by atoms with Crippen molar-refractivity contribution in [1.82, 2.24) is 14.5 Å². The van der Waals surface area contributed by atoms with E-state index in [4.69, 9.17) is 0 Å². The number of benzene rings is 2. The molecule has 0 saturated carbocycles. The number of carbonyl (C=O) groups is 2. The maximum atomic E-state index is 14.6. The molecule has 0 aliphatic rings. The Morgan fingerprint density at radius 1 is 1.00 bits per heavy atom. The lowest BCUT2D eigenvalue weighted by atomic mass is 10.1. The predicted molar refractivity (Wildman–Crippen MR) is 131 cm³/mol. The summed E-state index contributed by atoms with van der Waals surface area (Å²) in [5, 5.41) is 2.81. The highest BCUT2D eigenvalue weighted by atomic mass is 32.2. The first-order valence-electron chi connectivity index (χ1n) is 11.2. The summed E-state index contributed by atoms with van der Waals surface area (Å²) >= 11 is 0. The highest BCUT2D eigenvalue weighted by Crippen LogP contribution is 2.24. The number of rotatable bonds is 12. The fourth-order valence-electron chi connectivity index (χ4n) is 3.42. The molecule has 0 fully saturated rings. The van der Waals surface area contributed by atoms with Gasteiger partial charge in [0.15, 0.2) is 0 Å². The van der Waals surface area contributed by atoms with E-state index in [2.05, 4.69) is 5.32 Å². The molecule has 2 aromatic rings. The SMILES string of the molecule is CCCNC(=O)[C@H](CC)N(Cc1ccccc1)C(=O)CN(c1ccccc1F)S(=O)(=O)N(C)C. The maximum absolute atomic E-state index is 14.6. The van der Waals surface area contributed by atoms with Crippen LogP contribution >= 0.6 is 0 Å². The zero-order chi connectivity index (χ0) is 25.3. The van der Waals surface area contributed by atoms with E-state index in [1.165, 1.54) is 37.2 Å². The second-order valence-electron chi connectivity index (χ2n) is 7.97. The second-order valence-corrected chi connectivity index (χ2v) is 10.0. The molecule has 8 nitrogen and oxygen atoms in total. The van der Waals surface area contributed by atoms with Gasteiger partial charge in [-0.25, -0.2) is 8.70 Å². The fourth-order valence-corrected chi connectivity index (χ4v) is 4.49. The fraction of sp³-hybridized carbons (Fsp3) is 0.417. The van der Waals surface area contributed by atoms with E-state index < -0.39 is 34.5 Å². The van der Waals surface area contributed by atoms with E-state index in [-0.39, 0.29) is 18.1 Å². The van der Waals surface area contributed by atoms with Crippen LogP contribution in [0.4, 0.5) is 10.1 Å². The van der Waals surface area contributed by atoms with Crippen molar-refractivity contribution < 1.29 is 22.4 Å². The van der Waals surface area contributed by atoms with Crippen molar-refractivity contribution in [1.29, 1.82) is 0 Å². The minimum Gasteiger partial charge on any atom is -0.354 e. The highest BCUT2D eigenvalue weighted by molar-refractivity contribution is 7.90. The number of carbonyl (C=O) groups excluding carboxylic acids is 2. The van der Waals surface area contributed by atoms with Crippen LogP contribution < -0.4 is 9.62 Å². The van der Waals surface area contributed by atoms with Crippen LogP contribution in [0.3, 0.4) is 0 Å². The predicted octanol–water partition coefficient (Wildman–Crippen LogP) is 2.77. The summed E-state index contributed by atoms with van der Waals surface area (Å²) in [7, 11) is -1.59. The third kappa shape index (κ3) is 6.77. The van der Waals surface area contributed by atoms with Gasteiger partial charge in [-0.05, 0) is 30.5 Å². The van der Waals surface area contributed by atoms with Gasteiger partial charge in [-0.15, -0.1) is 0 Å². The van der Waals surface area contributed by atoms with E-state index in [1.807, 2.05) is 37.3 Å². The Balaban J connectivity index is 2.48. The topological polar surface area (TPSA) is 90.0 Å². The first-order valence-corrected chi connectivity index (χ1v) is 12.6. The molecular formula is C24H33FN4O4S. The van der Waals surface area contributed by atoms with Gasteiger partial charge in [-0.1, -0.05) is 56.3 Å². The lowest BCUT2D eigenvalue weighted by Crippen LogP contribution is -2.53. The van der Waals surface area contributed by atoms with Crippen molar-refractivity contribution in [3.8, 4) is 0 Å². The van der Waals surface area contributed by atoms with E-state index in [9.17, 15) is 22.4 Å². The first-order chi connectivity index (χ1) is 16.1. The molecule has 0 spiro atoms. The maximum Gasteiger partial charge on any atom is 0.304 e. The largest absolute Gasteiger partial charge is 0.354 e. The number of amides is 2. The smallest absolute Gasteiger partial charge is 0.304 e. The molecule has 0 unspecified atom stereocenters. The molecule has 10 heteroatoms. The zero-order valence-corrected chi connectivity index (χ0v) is 20.9. The number of hydrogen-bond acceptors (Lipinski definition) is 4. The number of halogens is 1. The number of nitrogens with one attached hydrogen (secondary N) is 1. The van der Waals surface area contributed by atoms with Crippen LogP contribution in [-0.2, 0) is 26.3 Å². The van der Waals surface area contributed by atoms with Gasteiger partial charge in [0.2, 0.25) is 11.8 Å². The van der Waals surface area contributed by atoms with Crippen molar-refractivity contribution in [3.63, 3.8) is 0 Å². The van der Waals surface area contributed by atoms with E-state index in [1.54, 1.807) is 6.92 Å². The van der Waals surface area contributed by atoms with Crippen molar-refractivity contribution >= 4 is 27.7 Å². The zero-order valence-electron chi connectivity index (χ0n) is 20.1. The van der Waals surface area contributed by atoms with Gasteiger partial charge in [-0.3, -0.25) is 9.59 Å². The molecule has 0 saturated heterocycles. The minimum absolute atomic E-state index is 0.102. The molecule has 1 atom stereocenters. The number of para-hydroxylation sites is 1. The summed E-state index contributed by atoms with van der Waals surface area (Å²) in [4.78, 5) is 27.8. The van der Waals surface area contributed by atoms with Gasteiger partial charge in [0.25, 0.3) is 0 Å². The van der Waals surface area contributed by atoms with Crippen LogP contribution in [-0.4, -0.2) is 62.7 Å². The monoisotopic (exact) mass is 492 g/mol. The molecule has 0 aliphatic heterocycles. The first kappa shape index (κ1) is 27.3. The van der Waals surface area contributed by atoms with Crippen LogP contribution in [0.15, 0.2) is 54.6 Å². The molecule has 186 valence electrons. The van der Waals surface area contributed by atoms with Crippen LogP contribution in [0.5, 0.6) is 0 Å². The average molecular weight is 493 g/mol. The average Bonchev–Trinajstić information content (AvgIpc) is 2.81. The van der Waals surface area contributed by atoms with Crippen molar-refractivity contribution in [2.75, 3.05) is 31.5 Å². The van der Waals surface area contributed by atoms with Gasteiger partial charge in [0, 0.05) is 27.2 Å². The van der Waals surface area contributed by atoms with E-state index in [0.29, 0.717) is 13.0 Å². The lowest BCUT2D eigenvalue weighted by molar-refractivity contribution is -0.140. The minimum atomic E-state index is -4.20. The number of anilines is 1. The lowest BCUT2D eigenvalue weighted by Gasteiger charge is -2.34. The standard InChI is InChI=1S/C24H33FN4O4S/c1-5-16-26-24(31)21(6-2)28(17-19-12-8-7-9-13-19)23(30)18-29(34(32,33)27(3)4)22-15-11-10-14-20(22)25/h7-15,21H,5-6,16-18H2,1-4H3,(H,26,31)/t21-/m0/s1. The van der Waals surface area contributed by atoms with E-state index >= 15 is 0 Å².